The lowest BCUT2D eigenvalue weighted by Crippen LogP contribution is -2.28. The Bertz CT molecular complexity index is 355. The molecule has 1 rings (SSSR count). The molecule has 0 fully saturated rings. The van der Waals surface area contributed by atoms with Gasteiger partial charge in [0, 0.05) is 6.20 Å². The number of hydrogen-bond donors (Lipinski definition) is 1. The number of rotatable bonds is 2. The summed E-state index contributed by atoms with van der Waals surface area (Å²) in [5.41, 5.74) is -0.980. The molecule has 64 valence electrons. The van der Waals surface area contributed by atoms with E-state index in [2.05, 4.69) is 4.84 Å². The molecule has 1 heterocycles. The Morgan fingerprint density at radius 1 is 1.67 bits per heavy atom. The minimum atomic E-state index is -1.26. The molecule has 12 heavy (non-hydrogen) atoms. The van der Waals surface area contributed by atoms with E-state index in [1.807, 2.05) is 0 Å². The van der Waals surface area contributed by atoms with Gasteiger partial charge in [-0.25, -0.2) is 4.79 Å². The van der Waals surface area contributed by atoms with Gasteiger partial charge < -0.3 is 9.94 Å². The highest BCUT2D eigenvalue weighted by Crippen LogP contribution is 1.89. The summed E-state index contributed by atoms with van der Waals surface area (Å²) in [6.45, 7) is 0. The molecule has 0 saturated heterocycles. The molecule has 0 aromatic carbocycles. The fraction of sp³-hybridized carbons (Fsp3) is 0.143. The van der Waals surface area contributed by atoms with Gasteiger partial charge in [-0.05, 0) is 12.1 Å². The van der Waals surface area contributed by atoms with Crippen molar-refractivity contribution < 1.29 is 14.7 Å². The maximum Gasteiger partial charge on any atom is 0.341 e. The Balaban J connectivity index is 3.33. The van der Waals surface area contributed by atoms with Crippen LogP contribution < -0.4 is 10.4 Å². The van der Waals surface area contributed by atoms with Gasteiger partial charge in [-0.2, -0.15) is 4.73 Å². The summed E-state index contributed by atoms with van der Waals surface area (Å²) < 4.78 is 0.851. The minimum absolute atomic E-state index is 0.306. The average molecular weight is 169 g/mol. The number of hydrogen-bond acceptors (Lipinski definition) is 3. The van der Waals surface area contributed by atoms with E-state index in [0.717, 1.165) is 4.73 Å². The van der Waals surface area contributed by atoms with E-state index in [9.17, 15) is 9.59 Å². The molecule has 0 aliphatic carbocycles. The SMILES string of the molecule is COn1cccc(C(=O)O)c1=O. The first-order valence-electron chi connectivity index (χ1n) is 3.16. The van der Waals surface area contributed by atoms with E-state index >= 15 is 0 Å². The molecular weight excluding hydrogens is 162 g/mol. The first-order valence-corrected chi connectivity index (χ1v) is 3.16. The standard InChI is InChI=1S/C7H7NO4/c1-12-8-4-2-3-5(6(8)9)7(10)11/h2-4H,1H3,(H,10,11). The maximum absolute atomic E-state index is 11.1. The summed E-state index contributed by atoms with van der Waals surface area (Å²) in [6.07, 6.45) is 1.34. The average Bonchev–Trinajstić information content (AvgIpc) is 2.04. The van der Waals surface area contributed by atoms with Crippen molar-refractivity contribution in [3.63, 3.8) is 0 Å². The summed E-state index contributed by atoms with van der Waals surface area (Å²) in [4.78, 5) is 26.1. The molecule has 0 atom stereocenters. The minimum Gasteiger partial charge on any atom is -0.477 e. The molecule has 0 spiro atoms. The number of pyridine rings is 1. The van der Waals surface area contributed by atoms with Crippen LogP contribution >= 0.6 is 0 Å². The van der Waals surface area contributed by atoms with Crippen molar-refractivity contribution in [3.8, 4) is 0 Å². The van der Waals surface area contributed by atoms with Crippen LogP contribution in [0.15, 0.2) is 23.1 Å². The third-order valence-electron chi connectivity index (χ3n) is 1.34. The Hall–Kier alpha value is -1.78. The van der Waals surface area contributed by atoms with Crippen molar-refractivity contribution in [1.29, 1.82) is 0 Å². The molecule has 5 heteroatoms. The summed E-state index contributed by atoms with van der Waals surface area (Å²) >= 11 is 0. The van der Waals surface area contributed by atoms with E-state index in [1.165, 1.54) is 25.4 Å². The van der Waals surface area contributed by atoms with E-state index in [0.29, 0.717) is 0 Å². The predicted molar refractivity (Wildman–Crippen MR) is 40.2 cm³/mol. The molecular formula is C7H7NO4. The second kappa shape index (κ2) is 3.08. The largest absolute Gasteiger partial charge is 0.477 e. The van der Waals surface area contributed by atoms with Crippen molar-refractivity contribution >= 4 is 5.97 Å². The van der Waals surface area contributed by atoms with Crippen molar-refractivity contribution in [2.45, 2.75) is 0 Å². The van der Waals surface area contributed by atoms with Crippen LogP contribution in [0.2, 0.25) is 0 Å². The van der Waals surface area contributed by atoms with Crippen LogP contribution in [0, 0.1) is 0 Å². The first-order chi connectivity index (χ1) is 5.66. The molecule has 0 radical (unpaired) electrons. The molecule has 1 aromatic heterocycles. The van der Waals surface area contributed by atoms with Crippen LogP contribution in [-0.2, 0) is 0 Å². The third-order valence-corrected chi connectivity index (χ3v) is 1.34. The lowest BCUT2D eigenvalue weighted by Gasteiger charge is -2.01. The monoisotopic (exact) mass is 169 g/mol. The molecule has 5 nitrogen and oxygen atoms in total. The van der Waals surface area contributed by atoms with Crippen molar-refractivity contribution in [3.05, 3.63) is 34.2 Å². The molecule has 0 saturated carbocycles. The quantitative estimate of drug-likeness (QED) is 0.654. The Morgan fingerprint density at radius 2 is 2.33 bits per heavy atom. The number of aromatic nitrogens is 1. The molecule has 0 aliphatic heterocycles. The van der Waals surface area contributed by atoms with Gasteiger partial charge in [0.2, 0.25) is 0 Å². The summed E-state index contributed by atoms with van der Waals surface area (Å²) in [6, 6.07) is 2.65. The molecule has 0 bridgehead atoms. The van der Waals surface area contributed by atoms with Crippen LogP contribution in [-0.4, -0.2) is 22.9 Å². The molecule has 0 amide bonds. The van der Waals surface area contributed by atoms with Gasteiger partial charge in [0.15, 0.2) is 0 Å². The molecule has 1 N–H and O–H groups in total. The normalized spacial score (nSPS) is 9.42. The first kappa shape index (κ1) is 8.32. The second-order valence-electron chi connectivity index (χ2n) is 2.04. The number of aromatic carboxylic acids is 1. The highest BCUT2D eigenvalue weighted by molar-refractivity contribution is 5.86. The summed E-state index contributed by atoms with van der Waals surface area (Å²) in [7, 11) is 1.28. The lowest BCUT2D eigenvalue weighted by molar-refractivity contribution is 0.0687. The fourth-order valence-corrected chi connectivity index (χ4v) is 0.782. The zero-order chi connectivity index (χ0) is 9.14. The molecule has 0 unspecified atom stereocenters. The second-order valence-corrected chi connectivity index (χ2v) is 2.04. The topological polar surface area (TPSA) is 68.5 Å². The van der Waals surface area contributed by atoms with E-state index < -0.39 is 11.5 Å². The zero-order valence-corrected chi connectivity index (χ0v) is 6.35. The third kappa shape index (κ3) is 1.29. The lowest BCUT2D eigenvalue weighted by atomic mass is 10.3. The summed E-state index contributed by atoms with van der Waals surface area (Å²) in [5.74, 6) is -1.26. The number of carbonyl (C=O) groups is 1. The Kier molecular flexibility index (Phi) is 2.14. The number of carboxylic acid groups (broad SMARTS) is 1. The van der Waals surface area contributed by atoms with Gasteiger partial charge in [0.1, 0.15) is 12.7 Å². The van der Waals surface area contributed by atoms with Gasteiger partial charge in [-0.1, -0.05) is 0 Å². The maximum atomic E-state index is 11.1. The van der Waals surface area contributed by atoms with Crippen molar-refractivity contribution in [2.75, 3.05) is 7.11 Å². The Morgan fingerprint density at radius 3 is 2.83 bits per heavy atom. The molecule has 0 aliphatic rings. The fourth-order valence-electron chi connectivity index (χ4n) is 0.782. The highest BCUT2D eigenvalue weighted by Gasteiger charge is 2.09. The summed E-state index contributed by atoms with van der Waals surface area (Å²) in [5, 5.41) is 8.52. The van der Waals surface area contributed by atoms with Gasteiger partial charge in [0.25, 0.3) is 5.56 Å². The zero-order valence-electron chi connectivity index (χ0n) is 6.35. The van der Waals surface area contributed by atoms with Crippen LogP contribution in [0.1, 0.15) is 10.4 Å². The van der Waals surface area contributed by atoms with E-state index in [1.54, 1.807) is 0 Å². The van der Waals surface area contributed by atoms with Gasteiger partial charge in [-0.3, -0.25) is 4.79 Å². The number of nitrogens with zero attached hydrogens (tertiary/aromatic N) is 1. The van der Waals surface area contributed by atoms with Crippen LogP contribution in [0.4, 0.5) is 0 Å². The van der Waals surface area contributed by atoms with Gasteiger partial charge in [-0.15, -0.1) is 0 Å². The van der Waals surface area contributed by atoms with E-state index in [-0.39, 0.29) is 5.56 Å². The van der Waals surface area contributed by atoms with Crippen molar-refractivity contribution in [2.24, 2.45) is 0 Å². The molecule has 1 aromatic rings. The highest BCUT2D eigenvalue weighted by atomic mass is 16.6. The predicted octanol–water partition coefficient (Wildman–Crippen LogP) is -0.395. The smallest absolute Gasteiger partial charge is 0.341 e. The Labute approximate surface area is 67.8 Å². The van der Waals surface area contributed by atoms with Gasteiger partial charge >= 0.3 is 5.97 Å². The van der Waals surface area contributed by atoms with Crippen LogP contribution in [0.3, 0.4) is 0 Å². The van der Waals surface area contributed by atoms with Gasteiger partial charge in [0.05, 0.1) is 0 Å². The number of carboxylic acids is 1. The van der Waals surface area contributed by atoms with Crippen LogP contribution in [0.5, 0.6) is 0 Å². The van der Waals surface area contributed by atoms with Crippen LogP contribution in [0.25, 0.3) is 0 Å². The van der Waals surface area contributed by atoms with Crippen molar-refractivity contribution in [1.82, 2.24) is 4.73 Å². The van der Waals surface area contributed by atoms with E-state index in [4.69, 9.17) is 5.11 Å².